The lowest BCUT2D eigenvalue weighted by Crippen LogP contribution is -2.48. The molecule has 6 heteroatoms. The summed E-state index contributed by atoms with van der Waals surface area (Å²) in [6.45, 7) is 8.71. The fourth-order valence-corrected chi connectivity index (χ4v) is 5.78. The molecule has 180 valence electrons. The summed E-state index contributed by atoms with van der Waals surface area (Å²) in [5, 5.41) is 3.05. The van der Waals surface area contributed by atoms with Gasteiger partial charge in [0.05, 0.1) is 0 Å². The fraction of sp³-hybridized carbons (Fsp3) is 0.536. The van der Waals surface area contributed by atoms with Crippen molar-refractivity contribution < 1.29 is 14.4 Å². The summed E-state index contributed by atoms with van der Waals surface area (Å²) in [6, 6.07) is 5.50. The van der Waals surface area contributed by atoms with E-state index in [-0.39, 0.29) is 23.0 Å². The quantitative estimate of drug-likeness (QED) is 0.656. The molecule has 0 saturated heterocycles. The average Bonchev–Trinajstić information content (AvgIpc) is 3.39. The van der Waals surface area contributed by atoms with Crippen molar-refractivity contribution in [3.05, 3.63) is 51.8 Å². The van der Waals surface area contributed by atoms with Gasteiger partial charge in [0.25, 0.3) is 5.91 Å². The largest absolute Gasteiger partial charge is 0.354 e. The van der Waals surface area contributed by atoms with Crippen molar-refractivity contribution in [3.63, 3.8) is 0 Å². The molecule has 34 heavy (non-hydrogen) atoms. The number of nitrogens with one attached hydrogen (secondary N) is 2. The van der Waals surface area contributed by atoms with Crippen LogP contribution in [-0.2, 0) is 17.6 Å². The molecule has 0 radical (unpaired) electrons. The van der Waals surface area contributed by atoms with Crippen molar-refractivity contribution in [2.45, 2.75) is 78.7 Å². The van der Waals surface area contributed by atoms with E-state index < -0.39 is 6.04 Å². The minimum absolute atomic E-state index is 0.0375. The SMILES string of the molecule is Cc1cccc2c1CCN2C(=O)C(CCC1CC1)NC(=O)c1[nH]c2c(c1C)C(=O)CC(C)(C)C2. The Morgan fingerprint density at radius 2 is 1.97 bits per heavy atom. The number of Topliss-reactive ketones (excluding diaryl/α,β-unsaturated/α-hetero) is 1. The van der Waals surface area contributed by atoms with Gasteiger partial charge in [-0.3, -0.25) is 14.4 Å². The van der Waals surface area contributed by atoms with Gasteiger partial charge in [-0.2, -0.15) is 0 Å². The van der Waals surface area contributed by atoms with E-state index >= 15 is 0 Å². The molecule has 6 nitrogen and oxygen atoms in total. The molecule has 2 heterocycles. The number of carbonyl (C=O) groups is 3. The molecular weight excluding hydrogens is 426 g/mol. The first-order chi connectivity index (χ1) is 16.1. The molecule has 2 aliphatic carbocycles. The molecule has 3 aliphatic rings. The third kappa shape index (κ3) is 4.19. The molecule has 1 atom stereocenters. The normalized spacial score (nSPS) is 19.5. The van der Waals surface area contributed by atoms with E-state index in [0.29, 0.717) is 42.1 Å². The van der Waals surface area contributed by atoms with Gasteiger partial charge in [-0.25, -0.2) is 0 Å². The first-order valence-corrected chi connectivity index (χ1v) is 12.6. The Bertz CT molecular complexity index is 1170. The minimum Gasteiger partial charge on any atom is -0.354 e. The van der Waals surface area contributed by atoms with Crippen LogP contribution in [0, 0.1) is 25.2 Å². The molecule has 0 bridgehead atoms. The van der Waals surface area contributed by atoms with Crippen LogP contribution >= 0.6 is 0 Å². The molecule has 1 aromatic heterocycles. The monoisotopic (exact) mass is 461 g/mol. The lowest BCUT2D eigenvalue weighted by atomic mass is 9.75. The molecule has 1 unspecified atom stereocenters. The van der Waals surface area contributed by atoms with Crippen LogP contribution in [0.25, 0.3) is 0 Å². The number of amides is 2. The van der Waals surface area contributed by atoms with Crippen molar-refractivity contribution in [3.8, 4) is 0 Å². The van der Waals surface area contributed by atoms with Gasteiger partial charge >= 0.3 is 0 Å². The van der Waals surface area contributed by atoms with E-state index in [2.05, 4.69) is 37.1 Å². The standard InChI is InChI=1S/C28H35N3O3/c1-16-6-5-7-22-19(16)12-13-31(22)27(34)20(11-10-18-8-9-18)30-26(33)25-17(2)24-21(29-25)14-28(3,4)15-23(24)32/h5-7,18,20,29H,8-15H2,1-4H3,(H,30,33). The van der Waals surface area contributed by atoms with Gasteiger partial charge in [0.1, 0.15) is 11.7 Å². The topological polar surface area (TPSA) is 82.3 Å². The fourth-order valence-electron chi connectivity index (χ4n) is 5.78. The molecule has 5 rings (SSSR count). The summed E-state index contributed by atoms with van der Waals surface area (Å²) in [5.41, 5.74) is 5.88. The lowest BCUT2D eigenvalue weighted by molar-refractivity contribution is -0.120. The second-order valence-electron chi connectivity index (χ2n) is 11.3. The molecule has 2 N–H and O–H groups in total. The highest BCUT2D eigenvalue weighted by atomic mass is 16.2. The Morgan fingerprint density at radius 1 is 1.21 bits per heavy atom. The number of ketones is 1. The maximum Gasteiger partial charge on any atom is 0.268 e. The highest BCUT2D eigenvalue weighted by Gasteiger charge is 2.37. The van der Waals surface area contributed by atoms with Crippen LogP contribution in [0.5, 0.6) is 0 Å². The van der Waals surface area contributed by atoms with Crippen LogP contribution in [0.3, 0.4) is 0 Å². The van der Waals surface area contributed by atoms with E-state index in [9.17, 15) is 14.4 Å². The molecular formula is C28H35N3O3. The number of carbonyl (C=O) groups excluding carboxylic acids is 3. The summed E-state index contributed by atoms with van der Waals surface area (Å²) >= 11 is 0. The predicted molar refractivity (Wildman–Crippen MR) is 132 cm³/mol. The number of hydrogen-bond donors (Lipinski definition) is 2. The number of nitrogens with zero attached hydrogens (tertiary/aromatic N) is 1. The Balaban J connectivity index is 1.39. The van der Waals surface area contributed by atoms with Gasteiger partial charge < -0.3 is 15.2 Å². The van der Waals surface area contributed by atoms with Gasteiger partial charge in [-0.1, -0.05) is 38.8 Å². The molecule has 1 aromatic carbocycles. The first kappa shape index (κ1) is 22.9. The number of aromatic amines is 1. The third-order valence-electron chi connectivity index (χ3n) is 7.82. The molecule has 1 aliphatic heterocycles. The zero-order valence-electron chi connectivity index (χ0n) is 20.7. The van der Waals surface area contributed by atoms with E-state index in [1.807, 2.05) is 24.0 Å². The van der Waals surface area contributed by atoms with Crippen molar-refractivity contribution in [2.75, 3.05) is 11.4 Å². The maximum absolute atomic E-state index is 13.7. The van der Waals surface area contributed by atoms with Gasteiger partial charge in [-0.15, -0.1) is 0 Å². The summed E-state index contributed by atoms with van der Waals surface area (Å²) in [5.74, 6) is 0.420. The van der Waals surface area contributed by atoms with Crippen molar-refractivity contribution in [1.82, 2.24) is 10.3 Å². The smallest absolute Gasteiger partial charge is 0.268 e. The van der Waals surface area contributed by atoms with Crippen LogP contribution in [0.4, 0.5) is 5.69 Å². The van der Waals surface area contributed by atoms with Crippen LogP contribution in [0.1, 0.15) is 89.2 Å². The van der Waals surface area contributed by atoms with Crippen LogP contribution in [0.2, 0.25) is 0 Å². The average molecular weight is 462 g/mol. The second-order valence-corrected chi connectivity index (χ2v) is 11.3. The van der Waals surface area contributed by atoms with Gasteiger partial charge in [0.15, 0.2) is 5.78 Å². The van der Waals surface area contributed by atoms with Gasteiger partial charge in [-0.05, 0) is 73.6 Å². The molecule has 1 fully saturated rings. The van der Waals surface area contributed by atoms with Gasteiger partial charge in [0.2, 0.25) is 5.91 Å². The minimum atomic E-state index is -0.577. The molecule has 0 spiro atoms. The lowest BCUT2D eigenvalue weighted by Gasteiger charge is -2.28. The Hall–Kier alpha value is -2.89. The number of anilines is 1. The molecule has 2 amide bonds. The van der Waals surface area contributed by atoms with Crippen molar-refractivity contribution in [2.24, 2.45) is 11.3 Å². The highest BCUT2D eigenvalue weighted by molar-refractivity contribution is 6.06. The summed E-state index contributed by atoms with van der Waals surface area (Å²) in [6.07, 6.45) is 6.06. The molecule has 2 aromatic rings. The second kappa shape index (κ2) is 8.40. The summed E-state index contributed by atoms with van der Waals surface area (Å²) < 4.78 is 0. The maximum atomic E-state index is 13.7. The van der Waals surface area contributed by atoms with Crippen LogP contribution in [-0.4, -0.2) is 35.2 Å². The summed E-state index contributed by atoms with van der Waals surface area (Å²) in [7, 11) is 0. The van der Waals surface area contributed by atoms with E-state index in [1.54, 1.807) is 0 Å². The van der Waals surface area contributed by atoms with Crippen molar-refractivity contribution in [1.29, 1.82) is 0 Å². The third-order valence-corrected chi connectivity index (χ3v) is 7.82. The highest BCUT2D eigenvalue weighted by Crippen LogP contribution is 2.37. The summed E-state index contributed by atoms with van der Waals surface area (Å²) in [4.78, 5) is 45.0. The number of H-pyrrole nitrogens is 1. The number of rotatable bonds is 6. The Morgan fingerprint density at radius 3 is 2.71 bits per heavy atom. The van der Waals surface area contributed by atoms with Crippen LogP contribution < -0.4 is 10.2 Å². The number of aromatic nitrogens is 1. The van der Waals surface area contributed by atoms with Crippen molar-refractivity contribution >= 4 is 23.3 Å². The number of fused-ring (bicyclic) bond motifs is 2. The number of aryl methyl sites for hydroxylation is 1. The molecule has 1 saturated carbocycles. The first-order valence-electron chi connectivity index (χ1n) is 12.6. The Kier molecular flexibility index (Phi) is 5.65. The zero-order valence-corrected chi connectivity index (χ0v) is 20.7. The van der Waals surface area contributed by atoms with E-state index in [1.165, 1.54) is 24.0 Å². The van der Waals surface area contributed by atoms with E-state index in [4.69, 9.17) is 0 Å². The van der Waals surface area contributed by atoms with Gasteiger partial charge in [0, 0.05) is 29.9 Å². The number of hydrogen-bond acceptors (Lipinski definition) is 3. The zero-order chi connectivity index (χ0) is 24.2. The van der Waals surface area contributed by atoms with E-state index in [0.717, 1.165) is 30.6 Å². The predicted octanol–water partition coefficient (Wildman–Crippen LogP) is 4.66. The van der Waals surface area contributed by atoms with Crippen LogP contribution in [0.15, 0.2) is 18.2 Å². The Labute approximate surface area is 201 Å². The number of benzene rings is 1.